The first kappa shape index (κ1) is 13.4. The quantitative estimate of drug-likeness (QED) is 0.658. The van der Waals surface area contributed by atoms with Gasteiger partial charge in [0.2, 0.25) is 0 Å². The standard InChI is InChI=1S/C20H24/c1-20(15-9-4-10-16-20)19(17-11-5-2-6-12-17)18-13-7-3-8-14-18/h2-3,5-8,11-14,19H,4,9-10,15-16H2,1H3. The number of hydrogen-bond donors (Lipinski definition) is 0. The summed E-state index contributed by atoms with van der Waals surface area (Å²) in [6.45, 7) is 2.50. The summed E-state index contributed by atoms with van der Waals surface area (Å²) in [5.41, 5.74) is 3.35. The molecule has 0 N–H and O–H groups in total. The summed E-state index contributed by atoms with van der Waals surface area (Å²) in [5, 5.41) is 0. The highest BCUT2D eigenvalue weighted by atomic mass is 14.4. The summed E-state index contributed by atoms with van der Waals surface area (Å²) < 4.78 is 0. The van der Waals surface area contributed by atoms with Gasteiger partial charge in [0, 0.05) is 5.92 Å². The molecule has 0 aliphatic heterocycles. The van der Waals surface area contributed by atoms with Crippen LogP contribution in [0.3, 0.4) is 0 Å². The maximum absolute atomic E-state index is 2.50. The van der Waals surface area contributed by atoms with Gasteiger partial charge in [-0.2, -0.15) is 0 Å². The van der Waals surface area contributed by atoms with Crippen molar-refractivity contribution < 1.29 is 0 Å². The smallest absolute Gasteiger partial charge is 0.0143 e. The van der Waals surface area contributed by atoms with Crippen molar-refractivity contribution in [3.05, 3.63) is 71.8 Å². The Morgan fingerprint density at radius 2 is 1.15 bits per heavy atom. The van der Waals surface area contributed by atoms with E-state index in [1.165, 1.54) is 43.2 Å². The van der Waals surface area contributed by atoms with Gasteiger partial charge >= 0.3 is 0 Å². The highest BCUT2D eigenvalue weighted by Crippen LogP contribution is 2.49. The van der Waals surface area contributed by atoms with Gasteiger partial charge in [0.15, 0.2) is 0 Å². The minimum absolute atomic E-state index is 0.404. The van der Waals surface area contributed by atoms with Crippen LogP contribution in [0.5, 0.6) is 0 Å². The van der Waals surface area contributed by atoms with Gasteiger partial charge in [-0.15, -0.1) is 0 Å². The fraction of sp³-hybridized carbons (Fsp3) is 0.400. The Morgan fingerprint density at radius 1 is 0.700 bits per heavy atom. The zero-order valence-electron chi connectivity index (χ0n) is 12.4. The van der Waals surface area contributed by atoms with Gasteiger partial charge in [-0.25, -0.2) is 0 Å². The third-order valence-electron chi connectivity index (χ3n) is 4.96. The minimum Gasteiger partial charge on any atom is -0.0622 e. The molecular formula is C20H24. The Hall–Kier alpha value is -1.56. The van der Waals surface area contributed by atoms with Crippen LogP contribution in [0.15, 0.2) is 60.7 Å². The topological polar surface area (TPSA) is 0 Å². The normalized spacial score (nSPS) is 18.1. The molecule has 1 fully saturated rings. The first-order valence-corrected chi connectivity index (χ1v) is 7.89. The lowest BCUT2D eigenvalue weighted by Gasteiger charge is -2.41. The Balaban J connectivity index is 2.04. The average Bonchev–Trinajstić information content (AvgIpc) is 2.50. The molecule has 0 amide bonds. The van der Waals surface area contributed by atoms with Crippen molar-refractivity contribution in [2.75, 3.05) is 0 Å². The van der Waals surface area contributed by atoms with Crippen LogP contribution in [-0.4, -0.2) is 0 Å². The summed E-state index contributed by atoms with van der Waals surface area (Å²) in [6.07, 6.45) is 6.87. The van der Waals surface area contributed by atoms with Crippen molar-refractivity contribution in [1.82, 2.24) is 0 Å². The zero-order chi connectivity index (χ0) is 13.8. The molecule has 1 saturated carbocycles. The molecule has 2 aromatic carbocycles. The Morgan fingerprint density at radius 3 is 1.60 bits per heavy atom. The van der Waals surface area contributed by atoms with Crippen LogP contribution in [-0.2, 0) is 0 Å². The third kappa shape index (κ3) is 2.65. The second-order valence-electron chi connectivity index (χ2n) is 6.47. The maximum Gasteiger partial charge on any atom is 0.0143 e. The van der Waals surface area contributed by atoms with Crippen molar-refractivity contribution in [2.24, 2.45) is 5.41 Å². The van der Waals surface area contributed by atoms with Gasteiger partial charge in [0.25, 0.3) is 0 Å². The van der Waals surface area contributed by atoms with Gasteiger partial charge in [-0.3, -0.25) is 0 Å². The molecule has 104 valence electrons. The summed E-state index contributed by atoms with van der Waals surface area (Å²) in [4.78, 5) is 0. The molecule has 0 unspecified atom stereocenters. The molecule has 0 heteroatoms. The van der Waals surface area contributed by atoms with Gasteiger partial charge in [0.1, 0.15) is 0 Å². The Labute approximate surface area is 122 Å². The highest BCUT2D eigenvalue weighted by Gasteiger charge is 2.37. The first-order chi connectivity index (χ1) is 9.80. The van der Waals surface area contributed by atoms with Crippen molar-refractivity contribution in [3.63, 3.8) is 0 Å². The van der Waals surface area contributed by atoms with E-state index in [-0.39, 0.29) is 0 Å². The van der Waals surface area contributed by atoms with Crippen molar-refractivity contribution in [1.29, 1.82) is 0 Å². The van der Waals surface area contributed by atoms with E-state index in [4.69, 9.17) is 0 Å². The molecule has 0 aromatic heterocycles. The van der Waals surface area contributed by atoms with Crippen LogP contribution >= 0.6 is 0 Å². The number of hydrogen-bond acceptors (Lipinski definition) is 0. The summed E-state index contributed by atoms with van der Waals surface area (Å²) >= 11 is 0. The minimum atomic E-state index is 0.404. The lowest BCUT2D eigenvalue weighted by molar-refractivity contribution is 0.187. The molecular weight excluding hydrogens is 240 g/mol. The zero-order valence-corrected chi connectivity index (χ0v) is 12.4. The third-order valence-corrected chi connectivity index (χ3v) is 4.96. The lowest BCUT2D eigenvalue weighted by atomic mass is 9.63. The summed E-state index contributed by atoms with van der Waals surface area (Å²) in [7, 11) is 0. The highest BCUT2D eigenvalue weighted by molar-refractivity contribution is 5.35. The van der Waals surface area contributed by atoms with Crippen molar-refractivity contribution in [3.8, 4) is 0 Å². The number of rotatable bonds is 3. The monoisotopic (exact) mass is 264 g/mol. The molecule has 3 rings (SSSR count). The molecule has 0 saturated heterocycles. The van der Waals surface area contributed by atoms with Gasteiger partial charge in [-0.05, 0) is 29.4 Å². The van der Waals surface area contributed by atoms with E-state index in [1.54, 1.807) is 0 Å². The van der Waals surface area contributed by atoms with Gasteiger partial charge in [0.05, 0.1) is 0 Å². The molecule has 0 heterocycles. The van der Waals surface area contributed by atoms with E-state index in [0.29, 0.717) is 11.3 Å². The molecule has 20 heavy (non-hydrogen) atoms. The molecule has 0 atom stereocenters. The second-order valence-corrected chi connectivity index (χ2v) is 6.47. The van der Waals surface area contributed by atoms with E-state index >= 15 is 0 Å². The molecule has 0 radical (unpaired) electrons. The van der Waals surface area contributed by atoms with Crippen LogP contribution in [0.2, 0.25) is 0 Å². The number of benzene rings is 2. The van der Waals surface area contributed by atoms with Crippen LogP contribution in [0.25, 0.3) is 0 Å². The van der Waals surface area contributed by atoms with Crippen molar-refractivity contribution >= 4 is 0 Å². The second kappa shape index (κ2) is 5.83. The predicted molar refractivity (Wildman–Crippen MR) is 85.9 cm³/mol. The lowest BCUT2D eigenvalue weighted by Crippen LogP contribution is -2.29. The Kier molecular flexibility index (Phi) is 3.91. The molecule has 0 spiro atoms. The predicted octanol–water partition coefficient (Wildman–Crippen LogP) is 5.79. The molecule has 0 bridgehead atoms. The first-order valence-electron chi connectivity index (χ1n) is 7.89. The largest absolute Gasteiger partial charge is 0.0622 e. The summed E-state index contributed by atoms with van der Waals surface area (Å²) in [6, 6.07) is 22.2. The van der Waals surface area contributed by atoms with E-state index in [1.807, 2.05) is 0 Å². The average molecular weight is 264 g/mol. The molecule has 2 aromatic rings. The van der Waals surface area contributed by atoms with Crippen LogP contribution in [0.1, 0.15) is 56.1 Å². The fourth-order valence-corrected chi connectivity index (χ4v) is 3.94. The summed E-state index contributed by atoms with van der Waals surface area (Å²) in [5.74, 6) is 0.533. The Bertz CT molecular complexity index is 481. The van der Waals surface area contributed by atoms with E-state index < -0.39 is 0 Å². The van der Waals surface area contributed by atoms with E-state index in [2.05, 4.69) is 67.6 Å². The van der Waals surface area contributed by atoms with E-state index in [9.17, 15) is 0 Å². The van der Waals surface area contributed by atoms with Crippen LogP contribution in [0.4, 0.5) is 0 Å². The fourth-order valence-electron chi connectivity index (χ4n) is 3.94. The van der Waals surface area contributed by atoms with Crippen LogP contribution < -0.4 is 0 Å². The maximum atomic E-state index is 2.50. The molecule has 1 aliphatic rings. The van der Waals surface area contributed by atoms with E-state index in [0.717, 1.165) is 0 Å². The molecule has 1 aliphatic carbocycles. The van der Waals surface area contributed by atoms with Gasteiger partial charge in [-0.1, -0.05) is 86.8 Å². The van der Waals surface area contributed by atoms with Crippen LogP contribution in [0, 0.1) is 5.41 Å². The van der Waals surface area contributed by atoms with Gasteiger partial charge < -0.3 is 0 Å². The van der Waals surface area contributed by atoms with Crippen molar-refractivity contribution in [2.45, 2.75) is 44.9 Å². The molecule has 0 nitrogen and oxygen atoms in total. The SMILES string of the molecule is CC1(C(c2ccccc2)c2ccccc2)CCCCC1.